The highest BCUT2D eigenvalue weighted by Crippen LogP contribution is 2.38. The lowest BCUT2D eigenvalue weighted by atomic mass is 9.92. The van der Waals surface area contributed by atoms with Crippen LogP contribution in [-0.4, -0.2) is 60.7 Å². The van der Waals surface area contributed by atoms with E-state index in [1.54, 1.807) is 0 Å². The van der Waals surface area contributed by atoms with Gasteiger partial charge in [0.2, 0.25) is 5.91 Å². The Bertz CT molecular complexity index is 1420. The van der Waals surface area contributed by atoms with Gasteiger partial charge in [0.25, 0.3) is 5.69 Å². The van der Waals surface area contributed by atoms with Gasteiger partial charge in [0, 0.05) is 65.5 Å². The fraction of sp³-hybridized carbons (Fsp3) is 0.414. The van der Waals surface area contributed by atoms with E-state index in [1.165, 1.54) is 6.07 Å². The quantitative estimate of drug-likeness (QED) is 0.249. The summed E-state index contributed by atoms with van der Waals surface area (Å²) in [6.07, 6.45) is -2.34. The van der Waals surface area contributed by atoms with Crippen LogP contribution in [0.4, 0.5) is 30.2 Å². The Morgan fingerprint density at radius 3 is 2.34 bits per heavy atom. The molecular formula is C29H30ClF3N4O4. The summed E-state index contributed by atoms with van der Waals surface area (Å²) in [6.45, 7) is 2.57. The molecule has 0 unspecified atom stereocenters. The molecule has 12 heteroatoms. The van der Waals surface area contributed by atoms with Gasteiger partial charge < -0.3 is 19.9 Å². The summed E-state index contributed by atoms with van der Waals surface area (Å²) < 4.78 is 45.8. The van der Waals surface area contributed by atoms with Crippen LogP contribution in [0.15, 0.2) is 54.6 Å². The monoisotopic (exact) mass is 590 g/mol. The predicted molar refractivity (Wildman–Crippen MR) is 151 cm³/mol. The third-order valence-corrected chi connectivity index (χ3v) is 8.14. The van der Waals surface area contributed by atoms with Crippen molar-refractivity contribution in [2.75, 3.05) is 43.0 Å². The number of carbonyl (C=O) groups is 1. The number of carbonyl (C=O) groups excluding carboxylic acids is 1. The van der Waals surface area contributed by atoms with E-state index in [-0.39, 0.29) is 30.3 Å². The topological polar surface area (TPSA) is 87.9 Å². The van der Waals surface area contributed by atoms with E-state index in [2.05, 4.69) is 16.3 Å². The maximum Gasteiger partial charge on any atom is 0.423 e. The number of piperazine rings is 1. The third-order valence-electron chi connectivity index (χ3n) is 7.81. The smallest absolute Gasteiger partial charge is 0.382 e. The molecule has 1 N–H and O–H groups in total. The number of hydrogen-bond acceptors (Lipinski definition) is 6. The normalized spacial score (nSPS) is 19.8. The Balaban J connectivity index is 1.07. The molecule has 218 valence electrons. The SMILES string of the molecule is O=C(COC1CCC(Nc2ccc([N+](=O)[O-])c(C(F)(F)F)c2)CC1)N1CCN(c2ccc(Cl)c3ccccc23)CC1. The molecule has 3 aromatic rings. The van der Waals surface area contributed by atoms with Crippen molar-refractivity contribution < 1.29 is 27.6 Å². The lowest BCUT2D eigenvalue weighted by molar-refractivity contribution is -0.388. The van der Waals surface area contributed by atoms with Crippen LogP contribution in [0.25, 0.3) is 10.8 Å². The minimum absolute atomic E-state index is 0.00999. The highest BCUT2D eigenvalue weighted by Gasteiger charge is 2.38. The maximum absolute atomic E-state index is 13.3. The molecule has 0 aromatic heterocycles. The average Bonchev–Trinajstić information content (AvgIpc) is 2.96. The van der Waals surface area contributed by atoms with Crippen molar-refractivity contribution in [1.29, 1.82) is 0 Å². The predicted octanol–water partition coefficient (Wildman–Crippen LogP) is 6.51. The second-order valence-corrected chi connectivity index (χ2v) is 10.8. The van der Waals surface area contributed by atoms with Gasteiger partial charge in [0.15, 0.2) is 0 Å². The largest absolute Gasteiger partial charge is 0.423 e. The fourth-order valence-corrected chi connectivity index (χ4v) is 5.85. The van der Waals surface area contributed by atoms with Crippen molar-refractivity contribution >= 4 is 45.3 Å². The van der Waals surface area contributed by atoms with Crippen molar-refractivity contribution in [3.8, 4) is 0 Å². The van der Waals surface area contributed by atoms with Gasteiger partial charge in [0.05, 0.1) is 11.0 Å². The van der Waals surface area contributed by atoms with Crippen LogP contribution >= 0.6 is 11.6 Å². The van der Waals surface area contributed by atoms with Gasteiger partial charge >= 0.3 is 6.18 Å². The number of nitro benzene ring substituents is 1. The number of nitrogens with one attached hydrogen (secondary N) is 1. The number of ether oxygens (including phenoxy) is 1. The maximum atomic E-state index is 13.3. The standard InChI is InChI=1S/C29H30ClF3N4O4/c30-25-10-12-26(23-4-2-1-3-22(23)25)35-13-15-36(16-14-35)28(38)18-41-21-8-5-19(6-9-21)34-20-7-11-27(37(39)40)24(17-20)29(31,32)33/h1-4,7,10-12,17,19,21,34H,5-6,8-9,13-16,18H2. The fourth-order valence-electron chi connectivity index (χ4n) is 5.62. The summed E-state index contributed by atoms with van der Waals surface area (Å²) in [6, 6.07) is 14.8. The van der Waals surface area contributed by atoms with Crippen molar-refractivity contribution in [1.82, 2.24) is 4.90 Å². The Labute approximate surface area is 240 Å². The molecule has 1 saturated heterocycles. The van der Waals surface area contributed by atoms with Gasteiger partial charge in [-0.25, -0.2) is 0 Å². The van der Waals surface area contributed by atoms with E-state index in [0.29, 0.717) is 56.9 Å². The van der Waals surface area contributed by atoms with E-state index in [9.17, 15) is 28.1 Å². The molecule has 1 amide bonds. The molecule has 1 saturated carbocycles. The summed E-state index contributed by atoms with van der Waals surface area (Å²) >= 11 is 6.36. The van der Waals surface area contributed by atoms with E-state index in [4.69, 9.17) is 16.3 Å². The minimum atomic E-state index is -4.82. The molecule has 41 heavy (non-hydrogen) atoms. The van der Waals surface area contributed by atoms with Crippen LogP contribution in [0.3, 0.4) is 0 Å². The molecule has 2 aliphatic rings. The molecule has 1 heterocycles. The molecular weight excluding hydrogens is 561 g/mol. The van der Waals surface area contributed by atoms with Crippen LogP contribution in [0.5, 0.6) is 0 Å². The Morgan fingerprint density at radius 2 is 1.68 bits per heavy atom. The molecule has 1 aliphatic heterocycles. The van der Waals surface area contributed by atoms with E-state index in [0.717, 1.165) is 28.6 Å². The number of amides is 1. The number of benzene rings is 3. The lowest BCUT2D eigenvalue weighted by Gasteiger charge is -2.37. The molecule has 8 nitrogen and oxygen atoms in total. The molecule has 0 atom stereocenters. The second-order valence-electron chi connectivity index (χ2n) is 10.4. The van der Waals surface area contributed by atoms with Gasteiger partial charge in [-0.05, 0) is 49.9 Å². The van der Waals surface area contributed by atoms with Crippen molar-refractivity contribution in [2.45, 2.75) is 44.0 Å². The average molecular weight is 591 g/mol. The number of nitro groups is 1. The van der Waals surface area contributed by atoms with E-state index >= 15 is 0 Å². The van der Waals surface area contributed by atoms with Crippen molar-refractivity contribution in [3.05, 3.63) is 75.3 Å². The molecule has 2 fully saturated rings. The highest BCUT2D eigenvalue weighted by atomic mass is 35.5. The number of nitrogens with zero attached hydrogens (tertiary/aromatic N) is 3. The number of hydrogen-bond donors (Lipinski definition) is 1. The first-order valence-corrected chi connectivity index (χ1v) is 13.9. The van der Waals surface area contributed by atoms with Gasteiger partial charge in [-0.3, -0.25) is 14.9 Å². The number of fused-ring (bicyclic) bond motifs is 1. The first kappa shape index (κ1) is 28.9. The third kappa shape index (κ3) is 6.68. The molecule has 0 radical (unpaired) electrons. The zero-order valence-electron chi connectivity index (χ0n) is 22.2. The van der Waals surface area contributed by atoms with Crippen LogP contribution in [0.1, 0.15) is 31.2 Å². The molecule has 3 aromatic carbocycles. The van der Waals surface area contributed by atoms with E-state index < -0.39 is 22.4 Å². The summed E-state index contributed by atoms with van der Waals surface area (Å²) in [5, 5.41) is 16.8. The van der Waals surface area contributed by atoms with Crippen molar-refractivity contribution in [3.63, 3.8) is 0 Å². The number of anilines is 2. The number of halogens is 4. The minimum Gasteiger partial charge on any atom is -0.382 e. The first-order valence-electron chi connectivity index (χ1n) is 13.5. The summed E-state index contributed by atoms with van der Waals surface area (Å²) in [5.41, 5.74) is -0.953. The van der Waals surface area contributed by atoms with Gasteiger partial charge in [0.1, 0.15) is 12.2 Å². The first-order chi connectivity index (χ1) is 19.6. The molecule has 1 aliphatic carbocycles. The second kappa shape index (κ2) is 12.1. The van der Waals surface area contributed by atoms with Crippen LogP contribution in [0, 0.1) is 10.1 Å². The summed E-state index contributed by atoms with van der Waals surface area (Å²) in [4.78, 5) is 26.9. The Kier molecular flexibility index (Phi) is 8.55. The zero-order valence-corrected chi connectivity index (χ0v) is 23.0. The lowest BCUT2D eigenvalue weighted by Crippen LogP contribution is -2.50. The molecule has 0 spiro atoms. The molecule has 5 rings (SSSR count). The number of alkyl halides is 3. The zero-order chi connectivity index (χ0) is 29.1. The van der Waals surface area contributed by atoms with Gasteiger partial charge in [-0.1, -0.05) is 35.9 Å². The Hall–Kier alpha value is -3.57. The van der Waals surface area contributed by atoms with Crippen LogP contribution < -0.4 is 10.2 Å². The van der Waals surface area contributed by atoms with Gasteiger partial charge in [-0.2, -0.15) is 13.2 Å². The van der Waals surface area contributed by atoms with Crippen LogP contribution in [-0.2, 0) is 15.7 Å². The van der Waals surface area contributed by atoms with Crippen molar-refractivity contribution in [2.24, 2.45) is 0 Å². The Morgan fingerprint density at radius 1 is 1.00 bits per heavy atom. The highest BCUT2D eigenvalue weighted by molar-refractivity contribution is 6.36. The summed E-state index contributed by atoms with van der Waals surface area (Å²) in [5.74, 6) is -0.0589. The van der Waals surface area contributed by atoms with Crippen LogP contribution in [0.2, 0.25) is 5.02 Å². The molecule has 0 bridgehead atoms. The number of rotatable bonds is 7. The van der Waals surface area contributed by atoms with Gasteiger partial charge in [-0.15, -0.1) is 0 Å². The van der Waals surface area contributed by atoms with E-state index in [1.807, 2.05) is 35.2 Å². The summed E-state index contributed by atoms with van der Waals surface area (Å²) in [7, 11) is 0.